The van der Waals surface area contributed by atoms with Crippen LogP contribution in [0.4, 0.5) is 0 Å². The molecule has 1 heterocycles. The topological polar surface area (TPSA) is 12.0 Å². The number of allylic oxidation sites excluding steroid dienone is 2. The van der Waals surface area contributed by atoms with E-state index >= 15 is 0 Å². The highest BCUT2D eigenvalue weighted by Crippen LogP contribution is 2.24. The summed E-state index contributed by atoms with van der Waals surface area (Å²) in [6.45, 7) is 3.05. The fourth-order valence-electron chi connectivity index (χ4n) is 0.951. The molecule has 0 aromatic heterocycles. The molecule has 1 nitrogen and oxygen atoms in total. The van der Waals surface area contributed by atoms with Crippen molar-refractivity contribution in [1.29, 1.82) is 0 Å². The van der Waals surface area contributed by atoms with Crippen LogP contribution in [0.5, 0.6) is 0 Å². The van der Waals surface area contributed by atoms with E-state index in [0.717, 1.165) is 12.3 Å². The van der Waals surface area contributed by atoms with Gasteiger partial charge in [-0.05, 0) is 6.92 Å². The zero-order valence-corrected chi connectivity index (χ0v) is 7.37. The second kappa shape index (κ2) is 4.15. The maximum absolute atomic E-state index is 5.18. The van der Waals surface area contributed by atoms with E-state index in [-0.39, 0.29) is 0 Å². The first-order chi connectivity index (χ1) is 5.38. The Hall–Kier alpha value is -0.810. The molecule has 1 rings (SSSR count). The first-order valence-electron chi connectivity index (χ1n) is 3.58. The number of thioether (sulfide) groups is 1. The van der Waals surface area contributed by atoms with Gasteiger partial charge in [-0.15, -0.1) is 18.2 Å². The molecule has 1 N–H and O–H groups in total. The van der Waals surface area contributed by atoms with Crippen molar-refractivity contribution in [2.45, 2.75) is 6.92 Å². The quantitative estimate of drug-likeness (QED) is 0.549. The molecule has 0 radical (unpaired) electrons. The van der Waals surface area contributed by atoms with E-state index in [1.807, 2.05) is 24.8 Å². The van der Waals surface area contributed by atoms with Crippen LogP contribution < -0.4 is 5.32 Å². The highest BCUT2D eigenvalue weighted by Gasteiger charge is 2.08. The summed E-state index contributed by atoms with van der Waals surface area (Å²) in [5, 5.41) is 3.28. The molecule has 0 unspecified atom stereocenters. The van der Waals surface area contributed by atoms with Gasteiger partial charge in [-0.25, -0.2) is 0 Å². The molecule has 0 aromatic carbocycles. The van der Waals surface area contributed by atoms with Crippen molar-refractivity contribution >= 4 is 11.8 Å². The van der Waals surface area contributed by atoms with E-state index in [4.69, 9.17) is 6.42 Å². The molecule has 0 atom stereocenters. The summed E-state index contributed by atoms with van der Waals surface area (Å²) in [4.78, 5) is 1.18. The van der Waals surface area contributed by atoms with Crippen LogP contribution in [0.15, 0.2) is 22.8 Å². The van der Waals surface area contributed by atoms with Crippen molar-refractivity contribution in [2.75, 3.05) is 12.3 Å². The van der Waals surface area contributed by atoms with E-state index in [9.17, 15) is 0 Å². The molecular weight excluding hydrogens is 154 g/mol. The first-order valence-corrected chi connectivity index (χ1v) is 4.56. The minimum absolute atomic E-state index is 1.03. The number of hydrogen-bond acceptors (Lipinski definition) is 2. The zero-order valence-electron chi connectivity index (χ0n) is 6.55. The predicted octanol–water partition coefficient (Wildman–Crippen LogP) is 1.74. The van der Waals surface area contributed by atoms with Crippen LogP contribution in [-0.2, 0) is 0 Å². The van der Waals surface area contributed by atoms with Gasteiger partial charge >= 0.3 is 0 Å². The minimum Gasteiger partial charge on any atom is -0.384 e. The molecule has 11 heavy (non-hydrogen) atoms. The van der Waals surface area contributed by atoms with Gasteiger partial charge in [-0.3, -0.25) is 0 Å². The van der Waals surface area contributed by atoms with Gasteiger partial charge in [0.1, 0.15) is 0 Å². The molecule has 2 heteroatoms. The average Bonchev–Trinajstić information content (AvgIpc) is 2.06. The molecule has 0 aromatic rings. The summed E-state index contributed by atoms with van der Waals surface area (Å²) in [6.07, 6.45) is 9.04. The minimum atomic E-state index is 1.03. The van der Waals surface area contributed by atoms with E-state index in [1.165, 1.54) is 10.6 Å². The fraction of sp³-hybridized carbons (Fsp3) is 0.333. The Balaban J connectivity index is 2.77. The van der Waals surface area contributed by atoms with Crippen LogP contribution >= 0.6 is 11.8 Å². The smallest absolute Gasteiger partial charge is 0.0441 e. The molecule has 1 fully saturated rings. The Labute approximate surface area is 71.9 Å². The number of hydrogen-bond donors (Lipinski definition) is 1. The van der Waals surface area contributed by atoms with Gasteiger partial charge < -0.3 is 5.32 Å². The van der Waals surface area contributed by atoms with Crippen molar-refractivity contribution in [3.8, 4) is 12.3 Å². The second-order valence-electron chi connectivity index (χ2n) is 2.15. The number of rotatable bonds is 0. The summed E-state index contributed by atoms with van der Waals surface area (Å²) in [5.41, 5.74) is 1.17. The molecule has 0 bridgehead atoms. The Morgan fingerprint density at radius 3 is 3.18 bits per heavy atom. The van der Waals surface area contributed by atoms with E-state index < -0.39 is 0 Å². The summed E-state index contributed by atoms with van der Waals surface area (Å²) in [5.74, 6) is 3.64. The number of terminal acetylenes is 1. The van der Waals surface area contributed by atoms with Crippen LogP contribution in [0, 0.1) is 12.3 Å². The molecule has 0 amide bonds. The van der Waals surface area contributed by atoms with Crippen LogP contribution in [-0.4, -0.2) is 12.3 Å². The van der Waals surface area contributed by atoms with Crippen LogP contribution in [0.25, 0.3) is 0 Å². The Kier molecular flexibility index (Phi) is 3.13. The van der Waals surface area contributed by atoms with Gasteiger partial charge in [-0.1, -0.05) is 12.0 Å². The fourth-order valence-corrected chi connectivity index (χ4v) is 1.87. The lowest BCUT2D eigenvalue weighted by atomic mass is 10.3. The van der Waals surface area contributed by atoms with Crippen LogP contribution in [0.3, 0.4) is 0 Å². The predicted molar refractivity (Wildman–Crippen MR) is 51.1 cm³/mol. The largest absolute Gasteiger partial charge is 0.384 e. The van der Waals surface area contributed by atoms with Crippen molar-refractivity contribution in [3.63, 3.8) is 0 Å². The van der Waals surface area contributed by atoms with Crippen molar-refractivity contribution in [2.24, 2.45) is 0 Å². The molecule has 1 aliphatic heterocycles. The standard InChI is InChI=1S/C9H11NS/c1-3-5-9-8(4-2)10-6-7-11-9/h1,4-5,10H,6-7H2,2H3/b8-4+,9-5+. The normalized spacial score (nSPS) is 24.7. The lowest BCUT2D eigenvalue weighted by Crippen LogP contribution is -2.22. The molecular formula is C9H11NS. The van der Waals surface area contributed by atoms with Gasteiger partial charge in [0.05, 0.1) is 0 Å². The van der Waals surface area contributed by atoms with Crippen molar-refractivity contribution in [3.05, 3.63) is 22.8 Å². The lowest BCUT2D eigenvalue weighted by Gasteiger charge is -2.18. The van der Waals surface area contributed by atoms with E-state index in [1.54, 1.807) is 0 Å². The highest BCUT2D eigenvalue weighted by molar-refractivity contribution is 8.03. The third kappa shape index (κ3) is 2.06. The Bertz CT molecular complexity index is 232. The van der Waals surface area contributed by atoms with Crippen LogP contribution in [0.1, 0.15) is 6.92 Å². The van der Waals surface area contributed by atoms with Gasteiger partial charge in [0.25, 0.3) is 0 Å². The molecule has 58 valence electrons. The second-order valence-corrected chi connectivity index (χ2v) is 3.29. The SMILES string of the molecule is C#C/C=C1/SCCN/C1=C/C. The van der Waals surface area contributed by atoms with Crippen molar-refractivity contribution < 1.29 is 0 Å². The molecule has 0 saturated carbocycles. The Morgan fingerprint density at radius 1 is 1.73 bits per heavy atom. The maximum atomic E-state index is 5.18. The summed E-state index contributed by atoms with van der Waals surface area (Å²) in [6, 6.07) is 0. The van der Waals surface area contributed by atoms with Gasteiger partial charge in [0, 0.05) is 29.0 Å². The average molecular weight is 165 g/mol. The molecule has 0 spiro atoms. The monoisotopic (exact) mass is 165 g/mol. The third-order valence-electron chi connectivity index (χ3n) is 1.44. The third-order valence-corrected chi connectivity index (χ3v) is 2.50. The summed E-state index contributed by atoms with van der Waals surface area (Å²) in [7, 11) is 0. The highest BCUT2D eigenvalue weighted by atomic mass is 32.2. The zero-order chi connectivity index (χ0) is 8.10. The summed E-state index contributed by atoms with van der Waals surface area (Å²) >= 11 is 1.81. The molecule has 0 aliphatic carbocycles. The molecule has 1 aliphatic rings. The van der Waals surface area contributed by atoms with Gasteiger partial charge in [-0.2, -0.15) is 0 Å². The Morgan fingerprint density at radius 2 is 2.55 bits per heavy atom. The summed E-state index contributed by atoms with van der Waals surface area (Å²) < 4.78 is 0. The van der Waals surface area contributed by atoms with Crippen LogP contribution in [0.2, 0.25) is 0 Å². The maximum Gasteiger partial charge on any atom is 0.0441 e. The van der Waals surface area contributed by atoms with E-state index in [0.29, 0.717) is 0 Å². The lowest BCUT2D eigenvalue weighted by molar-refractivity contribution is 0.868. The van der Waals surface area contributed by atoms with Crippen molar-refractivity contribution in [1.82, 2.24) is 5.32 Å². The van der Waals surface area contributed by atoms with Gasteiger partial charge in [0.15, 0.2) is 0 Å². The van der Waals surface area contributed by atoms with E-state index in [2.05, 4.69) is 17.3 Å². The number of nitrogens with one attached hydrogen (secondary N) is 1. The van der Waals surface area contributed by atoms with Gasteiger partial charge in [0.2, 0.25) is 0 Å². The first kappa shape index (κ1) is 8.29. The molecule has 1 saturated heterocycles.